The molecule has 4 heteroatoms. The van der Waals surface area contributed by atoms with Crippen LogP contribution in [0, 0.1) is 18.3 Å². The summed E-state index contributed by atoms with van der Waals surface area (Å²) in [5.74, 6) is 0. The van der Waals surface area contributed by atoms with Crippen molar-refractivity contribution in [2.45, 2.75) is 25.4 Å². The van der Waals surface area contributed by atoms with Crippen molar-refractivity contribution in [3.63, 3.8) is 0 Å². The number of ether oxygens (including phenoxy) is 1. The Kier molecular flexibility index (Phi) is 4.08. The zero-order valence-corrected chi connectivity index (χ0v) is 11.5. The number of nitriles is 1. The predicted octanol–water partition coefficient (Wildman–Crippen LogP) is 1.84. The number of likely N-dealkylation sites (N-methyl/N-ethyl adjacent to an activating group) is 1. The molecule has 1 N–H and O–H groups in total. The summed E-state index contributed by atoms with van der Waals surface area (Å²) in [6.45, 7) is 3.72. The molecule has 1 fully saturated rings. The van der Waals surface area contributed by atoms with Crippen molar-refractivity contribution in [3.05, 3.63) is 29.3 Å². The molecule has 0 aliphatic carbocycles. The van der Waals surface area contributed by atoms with Crippen molar-refractivity contribution in [2.24, 2.45) is 0 Å². The van der Waals surface area contributed by atoms with Crippen LogP contribution in [0.2, 0.25) is 0 Å². The van der Waals surface area contributed by atoms with Crippen molar-refractivity contribution in [1.82, 2.24) is 0 Å². The molecule has 0 spiro atoms. The molecule has 0 unspecified atom stereocenters. The Labute approximate surface area is 114 Å². The molecule has 0 saturated carbocycles. The van der Waals surface area contributed by atoms with Crippen LogP contribution in [-0.2, 0) is 4.74 Å². The molecule has 1 heterocycles. The SMILES string of the molecule is Cc1ccc(C#N)c(N(C)CC2(O)CCOCC2)c1. The van der Waals surface area contributed by atoms with Gasteiger partial charge >= 0.3 is 0 Å². The van der Waals surface area contributed by atoms with E-state index in [1.54, 1.807) is 0 Å². The van der Waals surface area contributed by atoms with E-state index >= 15 is 0 Å². The Bertz CT molecular complexity index is 487. The van der Waals surface area contributed by atoms with Crippen molar-refractivity contribution in [3.8, 4) is 6.07 Å². The minimum Gasteiger partial charge on any atom is -0.388 e. The number of hydrogen-bond acceptors (Lipinski definition) is 4. The molecule has 1 aliphatic rings. The van der Waals surface area contributed by atoms with E-state index in [4.69, 9.17) is 10.00 Å². The summed E-state index contributed by atoms with van der Waals surface area (Å²) in [5.41, 5.74) is 1.91. The van der Waals surface area contributed by atoms with E-state index in [0.717, 1.165) is 11.3 Å². The Hall–Kier alpha value is -1.57. The summed E-state index contributed by atoms with van der Waals surface area (Å²) in [6, 6.07) is 7.95. The zero-order valence-electron chi connectivity index (χ0n) is 11.5. The first-order valence-corrected chi connectivity index (χ1v) is 6.56. The van der Waals surface area contributed by atoms with Crippen LogP contribution < -0.4 is 4.90 Å². The quantitative estimate of drug-likeness (QED) is 0.901. The van der Waals surface area contributed by atoms with Crippen LogP contribution in [0.1, 0.15) is 24.0 Å². The molecule has 0 amide bonds. The maximum atomic E-state index is 10.5. The van der Waals surface area contributed by atoms with Crippen LogP contribution in [0.15, 0.2) is 18.2 Å². The summed E-state index contributed by atoms with van der Waals surface area (Å²) < 4.78 is 5.29. The van der Waals surface area contributed by atoms with Gasteiger partial charge in [0.25, 0.3) is 0 Å². The van der Waals surface area contributed by atoms with Crippen molar-refractivity contribution < 1.29 is 9.84 Å². The van der Waals surface area contributed by atoms with E-state index < -0.39 is 5.60 Å². The van der Waals surface area contributed by atoms with Gasteiger partial charge in [0, 0.05) is 39.6 Å². The zero-order chi connectivity index (χ0) is 13.9. The molecule has 1 aliphatic heterocycles. The molecule has 102 valence electrons. The third-order valence-corrected chi connectivity index (χ3v) is 3.64. The summed E-state index contributed by atoms with van der Waals surface area (Å²) in [7, 11) is 1.92. The van der Waals surface area contributed by atoms with E-state index in [9.17, 15) is 5.11 Å². The maximum absolute atomic E-state index is 10.5. The third-order valence-electron chi connectivity index (χ3n) is 3.64. The molecule has 19 heavy (non-hydrogen) atoms. The number of aliphatic hydroxyl groups is 1. The lowest BCUT2D eigenvalue weighted by Gasteiger charge is -2.36. The molecule has 1 saturated heterocycles. The number of aryl methyl sites for hydroxylation is 1. The Balaban J connectivity index is 2.17. The molecule has 0 aromatic heterocycles. The van der Waals surface area contributed by atoms with Gasteiger partial charge in [-0.1, -0.05) is 6.07 Å². The summed E-state index contributed by atoms with van der Waals surface area (Å²) in [5, 5.41) is 19.7. The minimum atomic E-state index is -0.719. The number of anilines is 1. The van der Waals surface area contributed by atoms with Gasteiger partial charge in [0.1, 0.15) is 6.07 Å². The molecular weight excluding hydrogens is 240 g/mol. The minimum absolute atomic E-state index is 0.522. The second kappa shape index (κ2) is 5.60. The molecule has 0 atom stereocenters. The average molecular weight is 260 g/mol. The highest BCUT2D eigenvalue weighted by Gasteiger charge is 2.31. The molecule has 2 rings (SSSR count). The molecule has 0 radical (unpaired) electrons. The topological polar surface area (TPSA) is 56.5 Å². The second-order valence-corrected chi connectivity index (χ2v) is 5.33. The number of rotatable bonds is 3. The second-order valence-electron chi connectivity index (χ2n) is 5.33. The summed E-state index contributed by atoms with van der Waals surface area (Å²) in [4.78, 5) is 1.97. The van der Waals surface area contributed by atoms with Gasteiger partial charge in [-0.05, 0) is 24.6 Å². The highest BCUT2D eigenvalue weighted by atomic mass is 16.5. The van der Waals surface area contributed by atoms with Gasteiger partial charge in [-0.25, -0.2) is 0 Å². The van der Waals surface area contributed by atoms with E-state index in [0.29, 0.717) is 38.2 Å². The fourth-order valence-electron chi connectivity index (χ4n) is 2.49. The third kappa shape index (κ3) is 3.25. The van der Waals surface area contributed by atoms with E-state index in [1.807, 2.05) is 37.1 Å². The Morgan fingerprint density at radius 1 is 1.42 bits per heavy atom. The van der Waals surface area contributed by atoms with Crippen LogP contribution in [0.3, 0.4) is 0 Å². The van der Waals surface area contributed by atoms with Gasteiger partial charge in [0.15, 0.2) is 0 Å². The van der Waals surface area contributed by atoms with Gasteiger partial charge in [0.05, 0.1) is 16.9 Å². The first-order valence-electron chi connectivity index (χ1n) is 6.56. The molecule has 0 bridgehead atoms. The van der Waals surface area contributed by atoms with Gasteiger partial charge in [-0.3, -0.25) is 0 Å². The highest BCUT2D eigenvalue weighted by Crippen LogP contribution is 2.26. The largest absolute Gasteiger partial charge is 0.388 e. The first kappa shape index (κ1) is 13.9. The van der Waals surface area contributed by atoms with Crippen molar-refractivity contribution in [1.29, 1.82) is 5.26 Å². The molecular formula is C15H20N2O2. The normalized spacial score (nSPS) is 17.8. The lowest BCUT2D eigenvalue weighted by atomic mass is 9.93. The fourth-order valence-corrected chi connectivity index (χ4v) is 2.49. The highest BCUT2D eigenvalue weighted by molar-refractivity contribution is 5.60. The van der Waals surface area contributed by atoms with E-state index in [1.165, 1.54) is 0 Å². The summed E-state index contributed by atoms with van der Waals surface area (Å²) >= 11 is 0. The van der Waals surface area contributed by atoms with Crippen molar-refractivity contribution in [2.75, 3.05) is 31.7 Å². The summed E-state index contributed by atoms with van der Waals surface area (Å²) in [6.07, 6.45) is 1.29. The van der Waals surface area contributed by atoms with Gasteiger partial charge in [-0.15, -0.1) is 0 Å². The number of benzene rings is 1. The van der Waals surface area contributed by atoms with Gasteiger partial charge in [-0.2, -0.15) is 5.26 Å². The van der Waals surface area contributed by atoms with E-state index in [-0.39, 0.29) is 0 Å². The van der Waals surface area contributed by atoms with Crippen LogP contribution >= 0.6 is 0 Å². The van der Waals surface area contributed by atoms with E-state index in [2.05, 4.69) is 6.07 Å². The van der Waals surface area contributed by atoms with Gasteiger partial charge in [0.2, 0.25) is 0 Å². The number of hydrogen-bond donors (Lipinski definition) is 1. The monoisotopic (exact) mass is 260 g/mol. The lowest BCUT2D eigenvalue weighted by Crippen LogP contribution is -2.45. The van der Waals surface area contributed by atoms with Crippen LogP contribution in [0.5, 0.6) is 0 Å². The standard InChI is InChI=1S/C15H20N2O2/c1-12-3-4-13(10-16)14(9-12)17(2)11-15(18)5-7-19-8-6-15/h3-4,9,18H,5-8,11H2,1-2H3. The van der Waals surface area contributed by atoms with Crippen molar-refractivity contribution >= 4 is 5.69 Å². The first-order chi connectivity index (χ1) is 9.04. The number of nitrogens with zero attached hydrogens (tertiary/aromatic N) is 2. The molecule has 1 aromatic carbocycles. The van der Waals surface area contributed by atoms with Crippen LogP contribution in [0.4, 0.5) is 5.69 Å². The van der Waals surface area contributed by atoms with Gasteiger partial charge < -0.3 is 14.7 Å². The molecule has 4 nitrogen and oxygen atoms in total. The maximum Gasteiger partial charge on any atom is 0.101 e. The molecule has 1 aromatic rings. The average Bonchev–Trinajstić information content (AvgIpc) is 2.39. The van der Waals surface area contributed by atoms with Crippen LogP contribution in [-0.4, -0.2) is 37.5 Å². The lowest BCUT2D eigenvalue weighted by molar-refractivity contribution is -0.0572. The van der Waals surface area contributed by atoms with Crippen LogP contribution in [0.25, 0.3) is 0 Å². The smallest absolute Gasteiger partial charge is 0.101 e. The Morgan fingerprint density at radius 2 is 2.11 bits per heavy atom. The fraction of sp³-hybridized carbons (Fsp3) is 0.533. The Morgan fingerprint density at radius 3 is 2.74 bits per heavy atom. The predicted molar refractivity (Wildman–Crippen MR) is 74.2 cm³/mol.